The Hall–Kier alpha value is -1.59. The van der Waals surface area contributed by atoms with E-state index in [4.69, 9.17) is 0 Å². The highest BCUT2D eigenvalue weighted by molar-refractivity contribution is 5.85. The number of likely N-dealkylation sites (tertiary alicyclic amines) is 1. The van der Waals surface area contributed by atoms with Crippen molar-refractivity contribution in [1.29, 1.82) is 0 Å². The third kappa shape index (κ3) is 32.5. The zero-order valence-electron chi connectivity index (χ0n) is 47.4. The van der Waals surface area contributed by atoms with E-state index in [0.717, 1.165) is 32.1 Å². The van der Waals surface area contributed by atoms with E-state index in [9.17, 15) is 14.7 Å². The topological polar surface area (TPSA) is 60.9 Å². The van der Waals surface area contributed by atoms with Crippen molar-refractivity contribution in [3.63, 3.8) is 0 Å². The van der Waals surface area contributed by atoms with Gasteiger partial charge >= 0.3 is 5.97 Å². The molecule has 1 N–H and O–H groups in total. The van der Waals surface area contributed by atoms with E-state index < -0.39 is 5.97 Å². The van der Waals surface area contributed by atoms with Crippen molar-refractivity contribution in [1.82, 2.24) is 9.80 Å². The van der Waals surface area contributed by atoms with Gasteiger partial charge in [-0.2, -0.15) is 0 Å². The summed E-state index contributed by atoms with van der Waals surface area (Å²) in [7, 11) is 4.52. The summed E-state index contributed by atoms with van der Waals surface area (Å²) >= 11 is 0. The van der Waals surface area contributed by atoms with Crippen LogP contribution in [0.3, 0.4) is 0 Å². The summed E-state index contributed by atoms with van der Waals surface area (Å²) < 4.78 is 0. The number of carbonyl (C=O) groups is 2. The van der Waals surface area contributed by atoms with E-state index in [1.165, 1.54) is 295 Å². The molecule has 1 aromatic rings. The van der Waals surface area contributed by atoms with E-state index in [0.29, 0.717) is 13.0 Å². The Balaban J connectivity index is 0.0000173. The first-order chi connectivity index (χ1) is 34.4. The van der Waals surface area contributed by atoms with Crippen LogP contribution < -0.4 is 0 Å². The summed E-state index contributed by atoms with van der Waals surface area (Å²) in [5.74, 6) is -0.857. The molecule has 1 saturated carbocycles. The Bertz CT molecular complexity index is 1360. The second-order valence-electron chi connectivity index (χ2n) is 23.9. The van der Waals surface area contributed by atoms with Crippen molar-refractivity contribution in [3.8, 4) is 0 Å². The summed E-state index contributed by atoms with van der Waals surface area (Å²) in [6.45, 7) is 0.425. The third-order valence-electron chi connectivity index (χ3n) is 17.5. The smallest absolute Gasteiger partial charge is 0.323 e. The first-order valence-corrected chi connectivity index (χ1v) is 31.6. The maximum Gasteiger partial charge on any atom is 0.323 e. The Morgan fingerprint density at radius 2 is 0.690 bits per heavy atom. The molecule has 1 spiro atoms. The summed E-state index contributed by atoms with van der Waals surface area (Å²) in [6, 6.07) is 11.2. The van der Waals surface area contributed by atoms with Gasteiger partial charge in [0.15, 0.2) is 0 Å². The Kier molecular flexibility index (Phi) is 41.2. The molecule has 1 amide bonds. The Morgan fingerprint density at radius 1 is 0.423 bits per heavy atom. The number of hydrogen-bond acceptors (Lipinski definition) is 3. The molecular formula is C65H119ClN2O3. The molecule has 2 aliphatic rings. The standard InChI is InChI=1S/C65H118N2O3.ClH/c1-66(2)65(61-52-48-47-49-53-61)55-51-46-44-42-40-38-36-34-32-30-28-26-24-22-20-18-16-14-12-10-8-6-4-3-5-7-9-11-13-15-17-19-21-23-25-27-29-31-33-35-37-39-41-43-45-50-54-64(56-57-65)58-62(68)67(60-64)59-63(69)70;/h47-49,52-53H,3-46,50-51,54-60H2,1-2H3,(H,69,70);1H. The highest BCUT2D eigenvalue weighted by Crippen LogP contribution is 2.46. The van der Waals surface area contributed by atoms with E-state index in [2.05, 4.69) is 49.3 Å². The van der Waals surface area contributed by atoms with E-state index >= 15 is 0 Å². The maximum absolute atomic E-state index is 13.4. The first-order valence-electron chi connectivity index (χ1n) is 31.6. The summed E-state index contributed by atoms with van der Waals surface area (Å²) in [5.41, 5.74) is 1.14. The molecule has 3 rings (SSSR count). The molecule has 1 aliphatic heterocycles. The largest absolute Gasteiger partial charge is 0.480 e. The quantitative estimate of drug-likeness (QED) is 0.326. The molecule has 0 radical (unpaired) electrons. The summed E-state index contributed by atoms with van der Waals surface area (Å²) in [4.78, 5) is 29.4. The van der Waals surface area contributed by atoms with Crippen molar-refractivity contribution < 1.29 is 14.7 Å². The SMILES string of the molecule is CN(C)C1(c2ccccc2)CCCCCCCCCCCCCCCCCCCCCCCCCCCCCCCCCCCCCCCCCCCCCCCCC2(CC1)CC(=O)N(CC(=O)O)C2.Cl. The fraction of sp³-hybridized carbons (Fsp3) is 0.877. The minimum atomic E-state index is -0.897. The van der Waals surface area contributed by atoms with Gasteiger partial charge in [-0.1, -0.05) is 326 Å². The maximum atomic E-state index is 13.4. The number of hydrogen-bond donors (Lipinski definition) is 1. The molecule has 1 heterocycles. The lowest BCUT2D eigenvalue weighted by atomic mass is 9.71. The lowest BCUT2D eigenvalue weighted by molar-refractivity contribution is -0.142. The Labute approximate surface area is 448 Å². The number of carboxylic acids is 1. The van der Waals surface area contributed by atoms with Crippen molar-refractivity contribution in [3.05, 3.63) is 35.9 Å². The monoisotopic (exact) mass is 1010 g/mol. The molecular weight excluding hydrogens is 892 g/mol. The lowest BCUT2D eigenvalue weighted by Gasteiger charge is -2.43. The minimum Gasteiger partial charge on any atom is -0.480 e. The molecule has 2 fully saturated rings. The molecule has 2 unspecified atom stereocenters. The molecule has 0 aromatic heterocycles. The molecule has 1 aliphatic carbocycles. The van der Waals surface area contributed by atoms with Gasteiger partial charge in [-0.15, -0.1) is 12.4 Å². The molecule has 5 nitrogen and oxygen atoms in total. The Morgan fingerprint density at radius 3 is 0.958 bits per heavy atom. The molecule has 0 bridgehead atoms. The van der Waals surface area contributed by atoms with Crippen LogP contribution in [0.5, 0.6) is 0 Å². The second kappa shape index (κ2) is 44.7. The average Bonchev–Trinajstić information content (AvgIpc) is 3.66. The van der Waals surface area contributed by atoms with Crippen molar-refractivity contribution in [2.24, 2.45) is 5.41 Å². The predicted octanol–water partition coefficient (Wildman–Crippen LogP) is 20.7. The van der Waals surface area contributed by atoms with Crippen molar-refractivity contribution in [2.45, 2.75) is 333 Å². The van der Waals surface area contributed by atoms with E-state index in [1.54, 1.807) is 4.90 Å². The average molecular weight is 1010 g/mol. The zero-order valence-corrected chi connectivity index (χ0v) is 48.2. The second-order valence-corrected chi connectivity index (χ2v) is 23.9. The zero-order chi connectivity index (χ0) is 49.9. The minimum absolute atomic E-state index is 0. The number of rotatable bonds is 4. The van der Waals surface area contributed by atoms with Crippen LogP contribution in [0.2, 0.25) is 0 Å². The molecule has 1 saturated heterocycles. The first kappa shape index (κ1) is 65.5. The fourth-order valence-corrected chi connectivity index (χ4v) is 12.8. The van der Waals surface area contributed by atoms with Crippen LogP contribution in [-0.4, -0.2) is 54.0 Å². The molecule has 71 heavy (non-hydrogen) atoms. The normalized spacial score (nSPS) is 25.8. The van der Waals surface area contributed by atoms with Gasteiger partial charge in [-0.3, -0.25) is 14.5 Å². The number of amides is 1. The van der Waals surface area contributed by atoms with Gasteiger partial charge in [-0.05, 0) is 50.8 Å². The third-order valence-corrected chi connectivity index (χ3v) is 17.5. The number of carboxylic acid groups (broad SMARTS) is 1. The van der Waals surface area contributed by atoms with Crippen LogP contribution in [0.4, 0.5) is 0 Å². The number of aliphatic carboxylic acids is 1. The predicted molar refractivity (Wildman–Crippen MR) is 311 cm³/mol. The van der Waals surface area contributed by atoms with Gasteiger partial charge < -0.3 is 10.0 Å². The van der Waals surface area contributed by atoms with Gasteiger partial charge in [0.2, 0.25) is 5.91 Å². The number of nitrogens with zero attached hydrogens (tertiary/aromatic N) is 2. The van der Waals surface area contributed by atoms with E-state index in [1.807, 2.05) is 0 Å². The molecule has 414 valence electrons. The van der Waals surface area contributed by atoms with E-state index in [-0.39, 0.29) is 35.8 Å². The van der Waals surface area contributed by atoms with Gasteiger partial charge in [0.05, 0.1) is 0 Å². The molecule has 6 heteroatoms. The van der Waals surface area contributed by atoms with Crippen LogP contribution in [-0.2, 0) is 15.1 Å². The van der Waals surface area contributed by atoms with Gasteiger partial charge in [0, 0.05) is 18.5 Å². The highest BCUT2D eigenvalue weighted by atomic mass is 35.5. The summed E-state index contributed by atoms with van der Waals surface area (Å²) in [6.07, 6.45) is 69.5. The lowest BCUT2D eigenvalue weighted by Crippen LogP contribution is -2.43. The van der Waals surface area contributed by atoms with Crippen LogP contribution in [0.1, 0.15) is 333 Å². The highest BCUT2D eigenvalue weighted by Gasteiger charge is 2.45. The van der Waals surface area contributed by atoms with Crippen LogP contribution in [0, 0.1) is 5.41 Å². The van der Waals surface area contributed by atoms with Gasteiger partial charge in [0.1, 0.15) is 6.54 Å². The van der Waals surface area contributed by atoms with Crippen LogP contribution in [0.15, 0.2) is 30.3 Å². The summed E-state index contributed by atoms with van der Waals surface area (Å²) in [5, 5.41) is 9.70. The molecule has 2 atom stereocenters. The fourth-order valence-electron chi connectivity index (χ4n) is 12.8. The van der Waals surface area contributed by atoms with Gasteiger partial charge in [-0.25, -0.2) is 0 Å². The van der Waals surface area contributed by atoms with Gasteiger partial charge in [0.25, 0.3) is 0 Å². The van der Waals surface area contributed by atoms with Crippen molar-refractivity contribution >= 4 is 24.3 Å². The number of carbonyl (C=O) groups excluding carboxylic acids is 1. The number of halogens is 1. The van der Waals surface area contributed by atoms with Crippen molar-refractivity contribution in [2.75, 3.05) is 27.2 Å². The number of benzene rings is 1. The van der Waals surface area contributed by atoms with Crippen LogP contribution >= 0.6 is 12.4 Å². The van der Waals surface area contributed by atoms with Crippen LogP contribution in [0.25, 0.3) is 0 Å². The molecule has 1 aromatic carbocycles.